The van der Waals surface area contributed by atoms with Crippen LogP contribution in [-0.4, -0.2) is 12.9 Å². The lowest BCUT2D eigenvalue weighted by atomic mass is 10.2. The van der Waals surface area contributed by atoms with Crippen LogP contribution in [0.15, 0.2) is 17.0 Å². The highest BCUT2D eigenvalue weighted by atomic mass is 35.5. The molecule has 0 aromatic heterocycles. The van der Waals surface area contributed by atoms with Gasteiger partial charge in [0, 0.05) is 5.02 Å². The van der Waals surface area contributed by atoms with Crippen molar-refractivity contribution in [3.8, 4) is 11.8 Å². The number of rotatable bonds is 3. The number of halogens is 1. The number of aryl methyl sites for hydroxylation is 1. The predicted octanol–water partition coefficient (Wildman–Crippen LogP) is 3.27. The lowest BCUT2D eigenvalue weighted by Gasteiger charge is -2.10. The minimum Gasteiger partial charge on any atom is -0.495 e. The molecule has 2 nitrogen and oxygen atoms in total. The Balaban J connectivity index is 3.06. The average molecular weight is 228 g/mol. The van der Waals surface area contributed by atoms with Crippen molar-refractivity contribution in [2.45, 2.75) is 11.8 Å². The second-order valence-corrected chi connectivity index (χ2v) is 4.15. The molecule has 4 heteroatoms. The molecule has 0 fully saturated rings. The van der Waals surface area contributed by atoms with Crippen molar-refractivity contribution in [1.29, 1.82) is 5.26 Å². The Labute approximate surface area is 92.8 Å². The Morgan fingerprint density at radius 1 is 1.57 bits per heavy atom. The van der Waals surface area contributed by atoms with Gasteiger partial charge in [-0.25, -0.2) is 0 Å². The van der Waals surface area contributed by atoms with Crippen molar-refractivity contribution in [1.82, 2.24) is 0 Å². The Bertz CT molecular complexity index is 373. The van der Waals surface area contributed by atoms with Crippen LogP contribution in [0.3, 0.4) is 0 Å². The SMILES string of the molecule is COc1c(C)cc(Cl)cc1SCC#N. The van der Waals surface area contributed by atoms with E-state index in [-0.39, 0.29) is 0 Å². The molecule has 0 saturated carbocycles. The zero-order valence-corrected chi connectivity index (χ0v) is 9.58. The van der Waals surface area contributed by atoms with E-state index in [1.165, 1.54) is 11.8 Å². The number of ether oxygens (including phenoxy) is 1. The van der Waals surface area contributed by atoms with Crippen LogP contribution in [-0.2, 0) is 0 Å². The number of thioether (sulfide) groups is 1. The molecule has 1 rings (SSSR count). The first kappa shape index (κ1) is 11.2. The quantitative estimate of drug-likeness (QED) is 0.743. The molecule has 0 bridgehead atoms. The second-order valence-electron chi connectivity index (χ2n) is 2.70. The topological polar surface area (TPSA) is 33.0 Å². The summed E-state index contributed by atoms with van der Waals surface area (Å²) in [4.78, 5) is 0.916. The standard InChI is InChI=1S/C10H10ClNOS/c1-7-5-8(11)6-9(10(7)13-2)14-4-3-12/h5-6H,4H2,1-2H3. The Hall–Kier alpha value is -0.850. The zero-order valence-electron chi connectivity index (χ0n) is 8.00. The summed E-state index contributed by atoms with van der Waals surface area (Å²) in [6, 6.07) is 5.73. The highest BCUT2D eigenvalue weighted by Crippen LogP contribution is 2.34. The third kappa shape index (κ3) is 2.57. The molecular formula is C10H10ClNOS. The van der Waals surface area contributed by atoms with Gasteiger partial charge in [0.1, 0.15) is 5.75 Å². The number of nitrogens with zero attached hydrogens (tertiary/aromatic N) is 1. The molecule has 0 radical (unpaired) electrons. The number of hydrogen-bond donors (Lipinski definition) is 0. The Kier molecular flexibility index (Phi) is 4.12. The van der Waals surface area contributed by atoms with Gasteiger partial charge >= 0.3 is 0 Å². The fraction of sp³-hybridized carbons (Fsp3) is 0.300. The first-order valence-electron chi connectivity index (χ1n) is 4.03. The van der Waals surface area contributed by atoms with Crippen LogP contribution in [0, 0.1) is 18.3 Å². The third-order valence-corrected chi connectivity index (χ3v) is 2.81. The molecule has 0 N–H and O–H groups in total. The molecule has 0 spiro atoms. The van der Waals surface area contributed by atoms with Gasteiger partial charge < -0.3 is 4.74 Å². The summed E-state index contributed by atoms with van der Waals surface area (Å²) in [6.45, 7) is 1.93. The van der Waals surface area contributed by atoms with Gasteiger partial charge in [-0.15, -0.1) is 11.8 Å². The van der Waals surface area contributed by atoms with Crippen molar-refractivity contribution in [2.24, 2.45) is 0 Å². The molecule has 1 aromatic rings. The largest absolute Gasteiger partial charge is 0.495 e. The van der Waals surface area contributed by atoms with Gasteiger partial charge in [0.05, 0.1) is 23.8 Å². The van der Waals surface area contributed by atoms with Gasteiger partial charge in [0.15, 0.2) is 0 Å². The Morgan fingerprint density at radius 3 is 2.86 bits per heavy atom. The van der Waals surface area contributed by atoms with E-state index in [4.69, 9.17) is 21.6 Å². The minimum absolute atomic E-state index is 0.399. The molecule has 0 unspecified atom stereocenters. The van der Waals surface area contributed by atoms with E-state index in [0.29, 0.717) is 10.8 Å². The van der Waals surface area contributed by atoms with E-state index in [9.17, 15) is 0 Å². The monoisotopic (exact) mass is 227 g/mol. The van der Waals surface area contributed by atoms with E-state index in [1.54, 1.807) is 7.11 Å². The van der Waals surface area contributed by atoms with Crippen molar-refractivity contribution in [3.63, 3.8) is 0 Å². The number of hydrogen-bond acceptors (Lipinski definition) is 3. The lowest BCUT2D eigenvalue weighted by Crippen LogP contribution is -1.90. The fourth-order valence-electron chi connectivity index (χ4n) is 1.18. The van der Waals surface area contributed by atoms with Crippen molar-refractivity contribution in [3.05, 3.63) is 22.7 Å². The first-order chi connectivity index (χ1) is 6.69. The van der Waals surface area contributed by atoms with Crippen LogP contribution in [0.2, 0.25) is 5.02 Å². The van der Waals surface area contributed by atoms with Crippen LogP contribution in [0.1, 0.15) is 5.56 Å². The molecule has 0 aliphatic carbocycles. The Morgan fingerprint density at radius 2 is 2.29 bits per heavy atom. The molecular weight excluding hydrogens is 218 g/mol. The lowest BCUT2D eigenvalue weighted by molar-refractivity contribution is 0.401. The maximum Gasteiger partial charge on any atom is 0.135 e. The summed E-state index contributed by atoms with van der Waals surface area (Å²) in [6.07, 6.45) is 0. The summed E-state index contributed by atoms with van der Waals surface area (Å²) in [5.74, 6) is 1.20. The van der Waals surface area contributed by atoms with E-state index in [0.717, 1.165) is 16.2 Å². The highest BCUT2D eigenvalue weighted by Gasteiger charge is 2.08. The zero-order chi connectivity index (χ0) is 10.6. The van der Waals surface area contributed by atoms with Gasteiger partial charge in [-0.2, -0.15) is 5.26 Å². The summed E-state index contributed by atoms with van der Waals surface area (Å²) < 4.78 is 5.24. The van der Waals surface area contributed by atoms with Crippen LogP contribution in [0.25, 0.3) is 0 Å². The molecule has 0 saturated heterocycles. The highest BCUT2D eigenvalue weighted by molar-refractivity contribution is 7.99. The molecule has 14 heavy (non-hydrogen) atoms. The first-order valence-corrected chi connectivity index (χ1v) is 5.39. The second kappa shape index (κ2) is 5.14. The molecule has 0 amide bonds. The van der Waals surface area contributed by atoms with Crippen LogP contribution in [0.5, 0.6) is 5.75 Å². The van der Waals surface area contributed by atoms with E-state index < -0.39 is 0 Å². The summed E-state index contributed by atoms with van der Waals surface area (Å²) in [5.41, 5.74) is 0.987. The van der Waals surface area contributed by atoms with Crippen molar-refractivity contribution < 1.29 is 4.74 Å². The van der Waals surface area contributed by atoms with Crippen molar-refractivity contribution in [2.75, 3.05) is 12.9 Å². The van der Waals surface area contributed by atoms with Gasteiger partial charge in [-0.3, -0.25) is 0 Å². The van der Waals surface area contributed by atoms with E-state index in [2.05, 4.69) is 6.07 Å². The average Bonchev–Trinajstić information content (AvgIpc) is 2.14. The smallest absolute Gasteiger partial charge is 0.135 e. The van der Waals surface area contributed by atoms with Crippen molar-refractivity contribution >= 4 is 23.4 Å². The molecule has 0 aliphatic heterocycles. The number of benzene rings is 1. The summed E-state index contributed by atoms with van der Waals surface area (Å²) in [5, 5.41) is 9.16. The number of methoxy groups -OCH3 is 1. The summed E-state index contributed by atoms with van der Waals surface area (Å²) >= 11 is 7.34. The normalized spacial score (nSPS) is 9.57. The van der Waals surface area contributed by atoms with Crippen LogP contribution < -0.4 is 4.74 Å². The maximum atomic E-state index is 8.49. The maximum absolute atomic E-state index is 8.49. The van der Waals surface area contributed by atoms with Gasteiger partial charge in [0.25, 0.3) is 0 Å². The van der Waals surface area contributed by atoms with Gasteiger partial charge in [-0.1, -0.05) is 11.6 Å². The number of nitriles is 1. The molecule has 0 aliphatic rings. The fourth-order valence-corrected chi connectivity index (χ4v) is 2.32. The third-order valence-electron chi connectivity index (χ3n) is 1.70. The summed E-state index contributed by atoms with van der Waals surface area (Å²) in [7, 11) is 1.62. The van der Waals surface area contributed by atoms with Gasteiger partial charge in [0.2, 0.25) is 0 Å². The van der Waals surface area contributed by atoms with Crippen LogP contribution >= 0.6 is 23.4 Å². The molecule has 1 aromatic carbocycles. The van der Waals surface area contributed by atoms with Crippen LogP contribution in [0.4, 0.5) is 0 Å². The minimum atomic E-state index is 0.399. The molecule has 0 atom stereocenters. The van der Waals surface area contributed by atoms with E-state index in [1.807, 2.05) is 19.1 Å². The van der Waals surface area contributed by atoms with E-state index >= 15 is 0 Å². The molecule has 74 valence electrons. The predicted molar refractivity (Wildman–Crippen MR) is 59.1 cm³/mol. The molecule has 0 heterocycles. The van der Waals surface area contributed by atoms with Gasteiger partial charge in [-0.05, 0) is 24.6 Å².